The standard InChI is InChI=1S/C7H10O/c1-2-6-4-5-8-7(6)3-1/h4-7H,1-3H2. The van der Waals surface area contributed by atoms with E-state index in [9.17, 15) is 0 Å². The molecule has 0 spiro atoms. The molecule has 1 nitrogen and oxygen atoms in total. The molecule has 0 aromatic rings. The van der Waals surface area contributed by atoms with Crippen molar-refractivity contribution in [1.29, 1.82) is 0 Å². The van der Waals surface area contributed by atoms with E-state index >= 15 is 0 Å². The Labute approximate surface area is 49.3 Å². The van der Waals surface area contributed by atoms with Gasteiger partial charge in [-0.05, 0) is 25.3 Å². The average Bonchev–Trinajstić information content (AvgIpc) is 2.15. The van der Waals surface area contributed by atoms with Gasteiger partial charge in [0, 0.05) is 5.92 Å². The highest BCUT2D eigenvalue weighted by molar-refractivity contribution is 4.98. The second-order valence-corrected chi connectivity index (χ2v) is 2.60. The highest BCUT2D eigenvalue weighted by Gasteiger charge is 2.28. The highest BCUT2D eigenvalue weighted by atomic mass is 16.5. The predicted molar refractivity (Wildman–Crippen MR) is 31.4 cm³/mol. The van der Waals surface area contributed by atoms with Crippen LogP contribution in [0.4, 0.5) is 0 Å². The van der Waals surface area contributed by atoms with Crippen LogP contribution >= 0.6 is 0 Å². The van der Waals surface area contributed by atoms with Gasteiger partial charge in [0.05, 0.1) is 6.26 Å². The number of rotatable bonds is 0. The van der Waals surface area contributed by atoms with Gasteiger partial charge in [-0.15, -0.1) is 0 Å². The third kappa shape index (κ3) is 0.473. The van der Waals surface area contributed by atoms with Gasteiger partial charge in [-0.25, -0.2) is 0 Å². The van der Waals surface area contributed by atoms with Crippen molar-refractivity contribution in [1.82, 2.24) is 0 Å². The van der Waals surface area contributed by atoms with Crippen LogP contribution in [0, 0.1) is 5.92 Å². The molecule has 0 bridgehead atoms. The van der Waals surface area contributed by atoms with Crippen molar-refractivity contribution in [3.63, 3.8) is 0 Å². The number of hydrogen-bond donors (Lipinski definition) is 0. The molecule has 2 aliphatic rings. The Bertz CT molecular complexity index is 118. The molecule has 0 saturated heterocycles. The zero-order valence-corrected chi connectivity index (χ0v) is 4.84. The first-order valence-electron chi connectivity index (χ1n) is 3.29. The predicted octanol–water partition coefficient (Wildman–Crippen LogP) is 1.70. The summed E-state index contributed by atoms with van der Waals surface area (Å²) in [6.45, 7) is 0. The number of ether oxygens (including phenoxy) is 1. The topological polar surface area (TPSA) is 9.23 Å². The Morgan fingerprint density at radius 3 is 3.25 bits per heavy atom. The lowest BCUT2D eigenvalue weighted by Crippen LogP contribution is -2.06. The molecule has 0 aromatic heterocycles. The summed E-state index contributed by atoms with van der Waals surface area (Å²) >= 11 is 0. The molecular weight excluding hydrogens is 100 g/mol. The van der Waals surface area contributed by atoms with Crippen LogP contribution in [0.1, 0.15) is 19.3 Å². The summed E-state index contributed by atoms with van der Waals surface area (Å²) in [6.07, 6.45) is 8.60. The van der Waals surface area contributed by atoms with Crippen molar-refractivity contribution in [2.24, 2.45) is 5.92 Å². The van der Waals surface area contributed by atoms with Gasteiger partial charge in [-0.1, -0.05) is 0 Å². The zero-order valence-electron chi connectivity index (χ0n) is 4.84. The maximum Gasteiger partial charge on any atom is 0.104 e. The fraction of sp³-hybridized carbons (Fsp3) is 0.714. The van der Waals surface area contributed by atoms with E-state index in [0.29, 0.717) is 6.10 Å². The van der Waals surface area contributed by atoms with Gasteiger partial charge in [0.25, 0.3) is 0 Å². The maximum atomic E-state index is 5.30. The van der Waals surface area contributed by atoms with Crippen molar-refractivity contribution in [2.45, 2.75) is 25.4 Å². The van der Waals surface area contributed by atoms with E-state index in [0.717, 1.165) is 5.92 Å². The molecule has 1 heterocycles. The molecule has 0 amide bonds. The van der Waals surface area contributed by atoms with Gasteiger partial charge in [-0.3, -0.25) is 0 Å². The Kier molecular flexibility index (Phi) is 0.833. The quantitative estimate of drug-likeness (QED) is 0.461. The second kappa shape index (κ2) is 1.51. The van der Waals surface area contributed by atoms with Crippen molar-refractivity contribution in [2.75, 3.05) is 0 Å². The Balaban J connectivity index is 2.13. The summed E-state index contributed by atoms with van der Waals surface area (Å²) in [7, 11) is 0. The third-order valence-corrected chi connectivity index (χ3v) is 2.08. The first-order valence-corrected chi connectivity index (χ1v) is 3.29. The SMILES string of the molecule is C1=CC2CCCC2O1. The highest BCUT2D eigenvalue weighted by Crippen LogP contribution is 2.32. The van der Waals surface area contributed by atoms with Crippen LogP contribution in [0.25, 0.3) is 0 Å². The van der Waals surface area contributed by atoms with Crippen molar-refractivity contribution in [3.05, 3.63) is 12.3 Å². The molecule has 2 rings (SSSR count). The molecule has 0 aromatic carbocycles. The molecule has 2 atom stereocenters. The lowest BCUT2D eigenvalue weighted by Gasteiger charge is -2.05. The van der Waals surface area contributed by atoms with Crippen LogP contribution in [-0.2, 0) is 4.74 Å². The van der Waals surface area contributed by atoms with E-state index in [2.05, 4.69) is 6.08 Å². The molecule has 0 radical (unpaired) electrons. The largest absolute Gasteiger partial charge is 0.498 e. The van der Waals surface area contributed by atoms with Crippen LogP contribution in [-0.4, -0.2) is 6.10 Å². The van der Waals surface area contributed by atoms with E-state index in [1.807, 2.05) is 6.26 Å². The van der Waals surface area contributed by atoms with E-state index < -0.39 is 0 Å². The molecule has 0 N–H and O–H groups in total. The van der Waals surface area contributed by atoms with Crippen molar-refractivity contribution in [3.8, 4) is 0 Å². The summed E-state index contributed by atoms with van der Waals surface area (Å²) in [6, 6.07) is 0. The molecule has 8 heavy (non-hydrogen) atoms. The van der Waals surface area contributed by atoms with E-state index in [4.69, 9.17) is 4.74 Å². The average molecular weight is 110 g/mol. The summed E-state index contributed by atoms with van der Waals surface area (Å²) in [5.74, 6) is 0.773. The minimum absolute atomic E-state index is 0.565. The molecule has 1 fully saturated rings. The normalized spacial score (nSPS) is 42.0. The van der Waals surface area contributed by atoms with Gasteiger partial charge >= 0.3 is 0 Å². The lowest BCUT2D eigenvalue weighted by molar-refractivity contribution is 0.153. The van der Waals surface area contributed by atoms with Crippen LogP contribution < -0.4 is 0 Å². The maximum absolute atomic E-state index is 5.30. The van der Waals surface area contributed by atoms with Crippen LogP contribution in [0.15, 0.2) is 12.3 Å². The first kappa shape index (κ1) is 4.42. The van der Waals surface area contributed by atoms with Gasteiger partial charge in [-0.2, -0.15) is 0 Å². The van der Waals surface area contributed by atoms with Gasteiger partial charge < -0.3 is 4.74 Å². The number of fused-ring (bicyclic) bond motifs is 1. The van der Waals surface area contributed by atoms with E-state index in [1.165, 1.54) is 19.3 Å². The lowest BCUT2D eigenvalue weighted by atomic mass is 10.1. The van der Waals surface area contributed by atoms with E-state index in [1.54, 1.807) is 0 Å². The van der Waals surface area contributed by atoms with Gasteiger partial charge in [0.15, 0.2) is 0 Å². The monoisotopic (exact) mass is 110 g/mol. The Morgan fingerprint density at radius 1 is 1.38 bits per heavy atom. The minimum atomic E-state index is 0.565. The van der Waals surface area contributed by atoms with E-state index in [-0.39, 0.29) is 0 Å². The number of hydrogen-bond acceptors (Lipinski definition) is 1. The van der Waals surface area contributed by atoms with Crippen LogP contribution in [0.5, 0.6) is 0 Å². The van der Waals surface area contributed by atoms with Crippen LogP contribution in [0.2, 0.25) is 0 Å². The van der Waals surface area contributed by atoms with Crippen LogP contribution in [0.3, 0.4) is 0 Å². The molecule has 44 valence electrons. The third-order valence-electron chi connectivity index (χ3n) is 2.08. The summed E-state index contributed by atoms with van der Waals surface area (Å²) in [5, 5.41) is 0. The van der Waals surface area contributed by atoms with Crippen molar-refractivity contribution < 1.29 is 4.74 Å². The zero-order chi connectivity index (χ0) is 5.40. The van der Waals surface area contributed by atoms with Crippen molar-refractivity contribution >= 4 is 0 Å². The summed E-state index contributed by atoms with van der Waals surface area (Å²) in [5.41, 5.74) is 0. The molecule has 1 saturated carbocycles. The fourth-order valence-corrected chi connectivity index (χ4v) is 1.59. The molecule has 1 aliphatic heterocycles. The Hall–Kier alpha value is -0.460. The molecule has 2 unspecified atom stereocenters. The molecule has 1 heteroatoms. The first-order chi connectivity index (χ1) is 3.97. The summed E-state index contributed by atoms with van der Waals surface area (Å²) < 4.78 is 5.30. The Morgan fingerprint density at radius 2 is 2.38 bits per heavy atom. The smallest absolute Gasteiger partial charge is 0.104 e. The molecule has 1 aliphatic carbocycles. The fourth-order valence-electron chi connectivity index (χ4n) is 1.59. The minimum Gasteiger partial charge on any atom is -0.498 e. The second-order valence-electron chi connectivity index (χ2n) is 2.60. The molecular formula is C7H10O. The summed E-state index contributed by atoms with van der Waals surface area (Å²) in [4.78, 5) is 0. The van der Waals surface area contributed by atoms with Gasteiger partial charge in [0.2, 0.25) is 0 Å². The van der Waals surface area contributed by atoms with Gasteiger partial charge in [0.1, 0.15) is 6.10 Å².